The summed E-state index contributed by atoms with van der Waals surface area (Å²) in [5.74, 6) is 1.51. The van der Waals surface area contributed by atoms with E-state index in [1.165, 1.54) is 0 Å². The van der Waals surface area contributed by atoms with E-state index in [1.807, 2.05) is 48.3 Å². The van der Waals surface area contributed by atoms with Gasteiger partial charge in [0.1, 0.15) is 11.4 Å². The molecule has 2 rings (SSSR count). The van der Waals surface area contributed by atoms with Crippen LogP contribution in [0.5, 0.6) is 5.75 Å². The summed E-state index contributed by atoms with van der Waals surface area (Å²) in [5.41, 5.74) is 0.787. The molecule has 1 aromatic heterocycles. The van der Waals surface area contributed by atoms with Crippen molar-refractivity contribution in [1.29, 1.82) is 0 Å². The number of nitrogens with one attached hydrogen (secondary N) is 1. The van der Waals surface area contributed by atoms with Crippen molar-refractivity contribution < 1.29 is 22.1 Å². The number of methoxy groups -OCH3 is 1. The third-order valence-electron chi connectivity index (χ3n) is 2.18. The number of azo groups is 1. The van der Waals surface area contributed by atoms with Gasteiger partial charge in [0.25, 0.3) is 0 Å². The fourth-order valence-electron chi connectivity index (χ4n) is 1.25. The van der Waals surface area contributed by atoms with Crippen LogP contribution < -0.4 is 22.1 Å². The number of nitrogens with zero attached hydrogens (tertiary/aromatic N) is 3. The maximum atomic E-state index is 5.06. The molecule has 17 heavy (non-hydrogen) atoms. The Bertz CT molecular complexity index is 492. The van der Waals surface area contributed by atoms with E-state index in [0.717, 1.165) is 11.4 Å². The number of ether oxygens (including phenoxy) is 1. The Morgan fingerprint density at radius 3 is 2.41 bits per heavy atom. The van der Waals surface area contributed by atoms with Crippen molar-refractivity contribution in [2.45, 2.75) is 0 Å². The summed E-state index contributed by atoms with van der Waals surface area (Å²) in [6.07, 6.45) is 3.69. The third kappa shape index (κ3) is 3.29. The number of rotatable bonds is 3. The van der Waals surface area contributed by atoms with Crippen molar-refractivity contribution in [1.82, 2.24) is 4.57 Å². The van der Waals surface area contributed by atoms with E-state index in [9.17, 15) is 0 Å². The summed E-state index contributed by atoms with van der Waals surface area (Å²) < 4.78 is 6.91. The van der Waals surface area contributed by atoms with Gasteiger partial charge in [-0.1, -0.05) is 5.11 Å². The van der Waals surface area contributed by atoms with Gasteiger partial charge in [-0.2, -0.15) is 0 Å². The molecule has 1 heterocycles. The highest BCUT2D eigenvalue weighted by Crippen LogP contribution is 2.19. The second-order valence-electron chi connectivity index (χ2n) is 3.29. The minimum Gasteiger partial charge on any atom is -1.00 e. The summed E-state index contributed by atoms with van der Waals surface area (Å²) in [4.78, 5) is 2.98. The molecule has 0 radical (unpaired) electrons. The van der Waals surface area contributed by atoms with Gasteiger partial charge in [-0.15, -0.1) is 0 Å². The minimum atomic E-state index is 0. The molecule has 2 aromatic rings. The predicted octanol–water partition coefficient (Wildman–Crippen LogP) is -0.733. The number of hydrogen-bond donors (Lipinski definition) is 0. The molecule has 0 saturated heterocycles. The monoisotopic (exact) mass is 252 g/mol. The van der Waals surface area contributed by atoms with Gasteiger partial charge in [-0.25, -0.2) is 9.55 Å². The van der Waals surface area contributed by atoms with Crippen molar-refractivity contribution in [2.75, 3.05) is 7.11 Å². The van der Waals surface area contributed by atoms with E-state index < -0.39 is 0 Å². The average Bonchev–Trinajstić information content (AvgIpc) is 2.73. The Kier molecular flexibility index (Phi) is 4.66. The highest BCUT2D eigenvalue weighted by Gasteiger charge is 2.04. The van der Waals surface area contributed by atoms with Gasteiger partial charge in [-0.3, -0.25) is 0 Å². The zero-order valence-electron chi connectivity index (χ0n) is 9.59. The molecule has 90 valence electrons. The third-order valence-corrected chi connectivity index (χ3v) is 2.18. The highest BCUT2D eigenvalue weighted by molar-refractivity contribution is 5.40. The molecular formula is C11H13ClN4O. The zero-order chi connectivity index (χ0) is 11.4. The largest absolute Gasteiger partial charge is 1.00 e. The predicted molar refractivity (Wildman–Crippen MR) is 59.1 cm³/mol. The fraction of sp³-hybridized carbons (Fsp3) is 0.182. The van der Waals surface area contributed by atoms with Crippen LogP contribution in [0.25, 0.3) is 0 Å². The van der Waals surface area contributed by atoms with E-state index in [4.69, 9.17) is 4.74 Å². The van der Waals surface area contributed by atoms with Crippen molar-refractivity contribution in [2.24, 2.45) is 17.3 Å². The molecule has 0 aliphatic rings. The molecule has 0 aliphatic heterocycles. The van der Waals surface area contributed by atoms with Gasteiger partial charge in [0.05, 0.1) is 26.6 Å². The summed E-state index contributed by atoms with van der Waals surface area (Å²) >= 11 is 0. The van der Waals surface area contributed by atoms with Gasteiger partial charge >= 0.3 is 5.95 Å². The van der Waals surface area contributed by atoms with Crippen molar-refractivity contribution in [3.8, 4) is 5.75 Å². The molecule has 0 fully saturated rings. The lowest BCUT2D eigenvalue weighted by Crippen LogP contribution is -3.00. The maximum Gasteiger partial charge on any atom is 0.418 e. The molecule has 1 N–H and O–H groups in total. The van der Waals surface area contributed by atoms with Crippen LogP contribution in [0.2, 0.25) is 0 Å². The normalized spacial score (nSPS) is 10.2. The van der Waals surface area contributed by atoms with Crippen LogP contribution in [-0.2, 0) is 7.05 Å². The standard InChI is InChI=1S/C11H12N4O.ClH/c1-15-8-7-12-11(15)14-13-9-3-5-10(16-2)6-4-9;/h3-8H,1-2H3;1H. The quantitative estimate of drug-likeness (QED) is 0.665. The van der Waals surface area contributed by atoms with E-state index in [2.05, 4.69) is 15.2 Å². The van der Waals surface area contributed by atoms with Gasteiger partial charge in [0.15, 0.2) is 0 Å². The lowest BCUT2D eigenvalue weighted by atomic mass is 10.3. The second kappa shape index (κ2) is 6.00. The maximum absolute atomic E-state index is 5.06. The summed E-state index contributed by atoms with van der Waals surface area (Å²) in [6, 6.07) is 7.41. The first-order chi connectivity index (χ1) is 7.79. The van der Waals surface area contributed by atoms with Crippen molar-refractivity contribution in [3.05, 3.63) is 36.7 Å². The van der Waals surface area contributed by atoms with Crippen molar-refractivity contribution >= 4 is 11.6 Å². The number of imidazole rings is 1. The van der Waals surface area contributed by atoms with Crippen LogP contribution in [0.1, 0.15) is 0 Å². The smallest absolute Gasteiger partial charge is 0.418 e. The Morgan fingerprint density at radius 1 is 1.18 bits per heavy atom. The van der Waals surface area contributed by atoms with Crippen LogP contribution >= 0.6 is 0 Å². The van der Waals surface area contributed by atoms with Gasteiger partial charge < -0.3 is 17.1 Å². The van der Waals surface area contributed by atoms with Crippen LogP contribution in [0.15, 0.2) is 46.9 Å². The summed E-state index contributed by atoms with van der Waals surface area (Å²) in [7, 11) is 3.54. The highest BCUT2D eigenvalue weighted by atomic mass is 35.5. The SMILES string of the molecule is COc1ccc(N=Nc2[nH+]ccn2C)cc1.[Cl-]. The van der Waals surface area contributed by atoms with Crippen molar-refractivity contribution in [3.63, 3.8) is 0 Å². The summed E-state index contributed by atoms with van der Waals surface area (Å²) in [5, 5.41) is 8.19. The number of H-pyrrole nitrogens is 1. The molecule has 6 heteroatoms. The molecule has 0 bridgehead atoms. The number of benzene rings is 1. The number of aromatic amines is 1. The molecule has 0 atom stereocenters. The van der Waals surface area contributed by atoms with Gasteiger partial charge in [0.2, 0.25) is 0 Å². The summed E-state index contributed by atoms with van der Waals surface area (Å²) in [6.45, 7) is 0. The number of aromatic nitrogens is 2. The van der Waals surface area contributed by atoms with Crippen LogP contribution in [0, 0.1) is 0 Å². The zero-order valence-corrected chi connectivity index (χ0v) is 10.3. The molecule has 1 aromatic carbocycles. The number of hydrogen-bond acceptors (Lipinski definition) is 3. The fourth-order valence-corrected chi connectivity index (χ4v) is 1.25. The Labute approximate surface area is 106 Å². The number of halogens is 1. The average molecular weight is 253 g/mol. The van der Waals surface area contributed by atoms with E-state index in [1.54, 1.807) is 7.11 Å². The van der Waals surface area contributed by atoms with Crippen LogP contribution in [0.3, 0.4) is 0 Å². The lowest BCUT2D eigenvalue weighted by molar-refractivity contribution is -0.362. The lowest BCUT2D eigenvalue weighted by Gasteiger charge is -1.96. The molecular weight excluding hydrogens is 240 g/mol. The van der Waals surface area contributed by atoms with Gasteiger partial charge in [0, 0.05) is 5.11 Å². The van der Waals surface area contributed by atoms with Crippen LogP contribution in [0.4, 0.5) is 11.6 Å². The Morgan fingerprint density at radius 2 is 1.88 bits per heavy atom. The first-order valence-electron chi connectivity index (χ1n) is 4.88. The molecule has 0 saturated carbocycles. The van der Waals surface area contributed by atoms with E-state index in [-0.39, 0.29) is 12.4 Å². The number of aryl methyl sites for hydroxylation is 1. The Hall–Kier alpha value is -1.88. The molecule has 0 aliphatic carbocycles. The van der Waals surface area contributed by atoms with E-state index >= 15 is 0 Å². The van der Waals surface area contributed by atoms with Gasteiger partial charge in [-0.05, 0) is 24.3 Å². The minimum absolute atomic E-state index is 0. The molecule has 0 amide bonds. The molecule has 0 spiro atoms. The van der Waals surface area contributed by atoms with Crippen LogP contribution in [-0.4, -0.2) is 11.7 Å². The molecule has 5 nitrogen and oxygen atoms in total. The second-order valence-corrected chi connectivity index (χ2v) is 3.29. The van der Waals surface area contributed by atoms with E-state index in [0.29, 0.717) is 5.95 Å². The first-order valence-corrected chi connectivity index (χ1v) is 4.88. The molecule has 0 unspecified atom stereocenters. The topological polar surface area (TPSA) is 53.0 Å². The first kappa shape index (κ1) is 13.2. The Balaban J connectivity index is 0.00000144.